The quantitative estimate of drug-likeness (QED) is 0.659. The van der Waals surface area contributed by atoms with Crippen LogP contribution >= 0.6 is 23.2 Å². The minimum atomic E-state index is -0.343. The molecule has 0 aliphatic carbocycles. The van der Waals surface area contributed by atoms with Crippen LogP contribution in [0.15, 0.2) is 54.7 Å². The van der Waals surface area contributed by atoms with Crippen LogP contribution in [0.4, 0.5) is 16.3 Å². The van der Waals surface area contributed by atoms with E-state index in [2.05, 4.69) is 15.7 Å². The molecule has 7 heteroatoms. The van der Waals surface area contributed by atoms with E-state index in [1.165, 1.54) is 0 Å². The summed E-state index contributed by atoms with van der Waals surface area (Å²) < 4.78 is 1.69. The van der Waals surface area contributed by atoms with Gasteiger partial charge in [0.1, 0.15) is 0 Å². The lowest BCUT2D eigenvalue weighted by atomic mass is 10.2. The summed E-state index contributed by atoms with van der Waals surface area (Å²) in [5, 5.41) is 11.0. The van der Waals surface area contributed by atoms with E-state index in [4.69, 9.17) is 23.2 Å². The number of nitrogens with one attached hydrogen (secondary N) is 2. The second-order valence-corrected chi connectivity index (χ2v) is 6.37. The molecule has 2 aromatic carbocycles. The number of anilines is 2. The molecule has 0 saturated carbocycles. The average molecular weight is 375 g/mol. The number of amides is 2. The monoisotopic (exact) mass is 374 g/mol. The van der Waals surface area contributed by atoms with Gasteiger partial charge in [-0.2, -0.15) is 5.10 Å². The second kappa shape index (κ2) is 7.59. The Kier molecular flexibility index (Phi) is 5.26. The molecule has 128 valence electrons. The fraction of sp³-hybridized carbons (Fsp3) is 0.111. The van der Waals surface area contributed by atoms with Gasteiger partial charge in [-0.05, 0) is 36.2 Å². The van der Waals surface area contributed by atoms with Crippen LogP contribution in [0.3, 0.4) is 0 Å². The zero-order valence-electron chi connectivity index (χ0n) is 13.5. The standard InChI is InChI=1S/C18H16Cl2N4O/c1-12-4-2-3-5-16(12)21-18(25)22-17-8-9-24(23-17)11-13-6-7-14(19)10-15(13)20/h2-10H,11H2,1H3,(H2,21,22,23,25). The summed E-state index contributed by atoms with van der Waals surface area (Å²) in [5.41, 5.74) is 2.64. The van der Waals surface area contributed by atoms with Crippen LogP contribution in [0.25, 0.3) is 0 Å². The molecule has 1 heterocycles. The number of rotatable bonds is 4. The predicted octanol–water partition coefficient (Wildman–Crippen LogP) is 5.19. The number of para-hydroxylation sites is 1. The number of benzene rings is 2. The van der Waals surface area contributed by atoms with E-state index < -0.39 is 0 Å². The number of urea groups is 1. The SMILES string of the molecule is Cc1ccccc1NC(=O)Nc1ccn(Cc2ccc(Cl)cc2Cl)n1. The van der Waals surface area contributed by atoms with Crippen molar-refractivity contribution in [3.8, 4) is 0 Å². The van der Waals surface area contributed by atoms with E-state index in [0.717, 1.165) is 16.8 Å². The zero-order chi connectivity index (χ0) is 17.8. The molecular weight excluding hydrogens is 359 g/mol. The Hall–Kier alpha value is -2.50. The Labute approximate surface area is 155 Å². The van der Waals surface area contributed by atoms with Gasteiger partial charge in [-0.25, -0.2) is 4.79 Å². The van der Waals surface area contributed by atoms with Crippen molar-refractivity contribution >= 4 is 40.7 Å². The predicted molar refractivity (Wildman–Crippen MR) is 102 cm³/mol. The molecule has 1 aromatic heterocycles. The molecule has 2 N–H and O–H groups in total. The van der Waals surface area contributed by atoms with E-state index in [1.807, 2.05) is 37.3 Å². The number of carbonyl (C=O) groups is 1. The molecule has 0 radical (unpaired) electrons. The molecular formula is C18H16Cl2N4O. The average Bonchev–Trinajstić information content (AvgIpc) is 2.99. The van der Waals surface area contributed by atoms with Crippen molar-refractivity contribution in [1.29, 1.82) is 0 Å². The number of hydrogen-bond donors (Lipinski definition) is 2. The summed E-state index contributed by atoms with van der Waals surface area (Å²) in [4.78, 5) is 12.1. The lowest BCUT2D eigenvalue weighted by Gasteiger charge is -2.08. The highest BCUT2D eigenvalue weighted by Gasteiger charge is 2.08. The van der Waals surface area contributed by atoms with Crippen LogP contribution in [0.1, 0.15) is 11.1 Å². The van der Waals surface area contributed by atoms with Crippen molar-refractivity contribution in [2.75, 3.05) is 10.6 Å². The number of aryl methyl sites for hydroxylation is 1. The first-order valence-corrected chi connectivity index (χ1v) is 8.38. The number of carbonyl (C=O) groups excluding carboxylic acids is 1. The van der Waals surface area contributed by atoms with Crippen molar-refractivity contribution < 1.29 is 4.79 Å². The minimum Gasteiger partial charge on any atom is -0.307 e. The molecule has 2 amide bonds. The van der Waals surface area contributed by atoms with Gasteiger partial charge >= 0.3 is 6.03 Å². The molecule has 0 unspecified atom stereocenters. The summed E-state index contributed by atoms with van der Waals surface area (Å²) in [6.07, 6.45) is 1.77. The highest BCUT2D eigenvalue weighted by molar-refractivity contribution is 6.35. The maximum atomic E-state index is 12.1. The lowest BCUT2D eigenvalue weighted by Crippen LogP contribution is -2.20. The van der Waals surface area contributed by atoms with E-state index >= 15 is 0 Å². The van der Waals surface area contributed by atoms with Gasteiger partial charge < -0.3 is 5.32 Å². The summed E-state index contributed by atoms with van der Waals surface area (Å²) in [6, 6.07) is 14.3. The van der Waals surface area contributed by atoms with Crippen LogP contribution < -0.4 is 10.6 Å². The Morgan fingerprint density at radius 1 is 1.12 bits per heavy atom. The van der Waals surface area contributed by atoms with Crippen LogP contribution in [-0.2, 0) is 6.54 Å². The molecule has 0 bridgehead atoms. The summed E-state index contributed by atoms with van der Waals surface area (Å²) >= 11 is 12.1. The third-order valence-corrected chi connectivity index (χ3v) is 4.21. The minimum absolute atomic E-state index is 0.343. The van der Waals surface area contributed by atoms with E-state index in [0.29, 0.717) is 22.4 Å². The lowest BCUT2D eigenvalue weighted by molar-refractivity contribution is 0.262. The van der Waals surface area contributed by atoms with Crippen molar-refractivity contribution in [2.45, 2.75) is 13.5 Å². The first-order valence-electron chi connectivity index (χ1n) is 7.62. The fourth-order valence-corrected chi connectivity index (χ4v) is 2.79. The first kappa shape index (κ1) is 17.3. The van der Waals surface area contributed by atoms with Crippen molar-refractivity contribution in [3.63, 3.8) is 0 Å². The second-order valence-electron chi connectivity index (χ2n) is 5.53. The Balaban J connectivity index is 1.63. The van der Waals surface area contributed by atoms with Gasteiger partial charge in [-0.1, -0.05) is 47.5 Å². The molecule has 0 saturated heterocycles. The number of halogens is 2. The van der Waals surface area contributed by atoms with E-state index in [9.17, 15) is 4.79 Å². The topological polar surface area (TPSA) is 59.0 Å². The largest absolute Gasteiger partial charge is 0.324 e. The first-order chi connectivity index (χ1) is 12.0. The summed E-state index contributed by atoms with van der Waals surface area (Å²) in [6.45, 7) is 2.41. The van der Waals surface area contributed by atoms with Crippen LogP contribution in [0.5, 0.6) is 0 Å². The van der Waals surface area contributed by atoms with Gasteiger partial charge in [-0.3, -0.25) is 10.00 Å². The summed E-state index contributed by atoms with van der Waals surface area (Å²) in [7, 11) is 0. The van der Waals surface area contributed by atoms with E-state index in [1.54, 1.807) is 29.1 Å². The highest BCUT2D eigenvalue weighted by atomic mass is 35.5. The van der Waals surface area contributed by atoms with Gasteiger partial charge in [0.25, 0.3) is 0 Å². The third-order valence-electron chi connectivity index (χ3n) is 3.62. The summed E-state index contributed by atoms with van der Waals surface area (Å²) in [5.74, 6) is 0.455. The van der Waals surface area contributed by atoms with Gasteiger partial charge in [0.05, 0.1) is 6.54 Å². The van der Waals surface area contributed by atoms with Crippen LogP contribution in [0.2, 0.25) is 10.0 Å². The molecule has 3 aromatic rings. The van der Waals surface area contributed by atoms with Gasteiger partial charge in [0.2, 0.25) is 0 Å². The number of aromatic nitrogens is 2. The Bertz CT molecular complexity index is 908. The molecule has 0 atom stereocenters. The van der Waals surface area contributed by atoms with E-state index in [-0.39, 0.29) is 6.03 Å². The Morgan fingerprint density at radius 2 is 1.92 bits per heavy atom. The van der Waals surface area contributed by atoms with Gasteiger partial charge in [0.15, 0.2) is 5.82 Å². The van der Waals surface area contributed by atoms with Crippen molar-refractivity contribution in [3.05, 3.63) is 75.9 Å². The molecule has 0 aliphatic heterocycles. The smallest absolute Gasteiger partial charge is 0.307 e. The number of hydrogen-bond acceptors (Lipinski definition) is 2. The normalized spacial score (nSPS) is 10.5. The number of nitrogens with zero attached hydrogens (tertiary/aromatic N) is 2. The van der Waals surface area contributed by atoms with Crippen LogP contribution in [0, 0.1) is 6.92 Å². The maximum Gasteiger partial charge on any atom is 0.324 e. The molecule has 5 nitrogen and oxygen atoms in total. The third kappa shape index (κ3) is 4.53. The van der Waals surface area contributed by atoms with Crippen molar-refractivity contribution in [2.24, 2.45) is 0 Å². The molecule has 0 spiro atoms. The van der Waals surface area contributed by atoms with Gasteiger partial charge in [0, 0.05) is 28.0 Å². The van der Waals surface area contributed by atoms with Crippen molar-refractivity contribution in [1.82, 2.24) is 9.78 Å². The fourth-order valence-electron chi connectivity index (χ4n) is 2.32. The van der Waals surface area contributed by atoms with Crippen LogP contribution in [-0.4, -0.2) is 15.8 Å². The molecule has 0 aliphatic rings. The highest BCUT2D eigenvalue weighted by Crippen LogP contribution is 2.22. The van der Waals surface area contributed by atoms with Gasteiger partial charge in [-0.15, -0.1) is 0 Å². The maximum absolute atomic E-state index is 12.1. The molecule has 0 fully saturated rings. The molecule has 25 heavy (non-hydrogen) atoms. The Morgan fingerprint density at radius 3 is 2.68 bits per heavy atom. The molecule has 3 rings (SSSR count). The zero-order valence-corrected chi connectivity index (χ0v) is 15.0.